The summed E-state index contributed by atoms with van der Waals surface area (Å²) in [7, 11) is 0. The van der Waals surface area contributed by atoms with Gasteiger partial charge in [0, 0.05) is 18.8 Å². The van der Waals surface area contributed by atoms with Crippen LogP contribution in [0.25, 0.3) is 6.08 Å². The van der Waals surface area contributed by atoms with E-state index in [1.54, 1.807) is 0 Å². The summed E-state index contributed by atoms with van der Waals surface area (Å²) in [5.41, 5.74) is 2.70. The van der Waals surface area contributed by atoms with Crippen molar-refractivity contribution in [2.45, 2.75) is 12.8 Å². The monoisotopic (exact) mass is 199 g/mol. The molecule has 0 unspecified atom stereocenters. The van der Waals surface area contributed by atoms with Gasteiger partial charge in [-0.1, -0.05) is 36.4 Å². The smallest absolute Gasteiger partial charge is 0.0442 e. The number of rotatable bonds is 4. The van der Waals surface area contributed by atoms with Gasteiger partial charge in [0.2, 0.25) is 0 Å². The molecule has 1 heterocycles. The van der Waals surface area contributed by atoms with E-state index in [2.05, 4.69) is 47.9 Å². The fraction of sp³-hybridized carbons (Fsp3) is 0.286. The molecule has 0 spiro atoms. The van der Waals surface area contributed by atoms with E-state index >= 15 is 0 Å². The summed E-state index contributed by atoms with van der Waals surface area (Å²) in [5, 5.41) is 0. The lowest BCUT2D eigenvalue weighted by molar-refractivity contribution is 0.772. The van der Waals surface area contributed by atoms with Crippen LogP contribution in [-0.4, -0.2) is 13.1 Å². The number of unbranched alkanes of at least 4 members (excludes halogenated alkanes) is 1. The second-order valence-corrected chi connectivity index (χ2v) is 3.84. The van der Waals surface area contributed by atoms with Crippen molar-refractivity contribution in [1.29, 1.82) is 0 Å². The van der Waals surface area contributed by atoms with E-state index in [-0.39, 0.29) is 0 Å². The summed E-state index contributed by atoms with van der Waals surface area (Å²) >= 11 is 0. The largest absolute Gasteiger partial charge is 0.367 e. The summed E-state index contributed by atoms with van der Waals surface area (Å²) in [5.74, 6) is 0. The number of hydrogen-bond donors (Lipinski definition) is 0. The van der Waals surface area contributed by atoms with Crippen LogP contribution in [0.1, 0.15) is 18.4 Å². The van der Waals surface area contributed by atoms with E-state index in [9.17, 15) is 0 Å². The van der Waals surface area contributed by atoms with Crippen LogP contribution in [0.5, 0.6) is 0 Å². The van der Waals surface area contributed by atoms with Gasteiger partial charge in [0.1, 0.15) is 0 Å². The normalized spacial score (nSPS) is 13.7. The van der Waals surface area contributed by atoms with Gasteiger partial charge in [-0.2, -0.15) is 0 Å². The van der Waals surface area contributed by atoms with Gasteiger partial charge in [-0.05, 0) is 24.5 Å². The maximum Gasteiger partial charge on any atom is 0.0442 e. The summed E-state index contributed by atoms with van der Waals surface area (Å²) in [6.45, 7) is 5.91. The molecule has 0 aliphatic carbocycles. The zero-order valence-corrected chi connectivity index (χ0v) is 9.02. The van der Waals surface area contributed by atoms with Crippen molar-refractivity contribution < 1.29 is 0 Å². The van der Waals surface area contributed by atoms with Gasteiger partial charge in [-0.25, -0.2) is 0 Å². The number of fused-ring (bicyclic) bond motifs is 1. The fourth-order valence-corrected chi connectivity index (χ4v) is 1.96. The van der Waals surface area contributed by atoms with Crippen LogP contribution in [0.15, 0.2) is 43.0 Å². The molecule has 1 heteroatoms. The first-order chi connectivity index (χ1) is 7.42. The molecule has 1 nitrogen and oxygen atoms in total. The number of anilines is 1. The van der Waals surface area contributed by atoms with Crippen LogP contribution in [0.2, 0.25) is 0 Å². The molecular formula is C14H17N. The Kier molecular flexibility index (Phi) is 3.23. The third-order valence-corrected chi connectivity index (χ3v) is 2.74. The first-order valence-corrected chi connectivity index (χ1v) is 5.53. The molecule has 0 bridgehead atoms. The van der Waals surface area contributed by atoms with Gasteiger partial charge in [0.25, 0.3) is 0 Å². The van der Waals surface area contributed by atoms with Gasteiger partial charge in [-0.15, -0.1) is 6.58 Å². The lowest BCUT2D eigenvalue weighted by Crippen LogP contribution is -2.26. The molecule has 0 saturated heterocycles. The molecule has 0 aromatic heterocycles. The van der Waals surface area contributed by atoms with Crippen molar-refractivity contribution in [1.82, 2.24) is 0 Å². The van der Waals surface area contributed by atoms with Crippen LogP contribution in [0.3, 0.4) is 0 Å². The van der Waals surface area contributed by atoms with Crippen LogP contribution < -0.4 is 4.90 Å². The van der Waals surface area contributed by atoms with Crippen molar-refractivity contribution in [2.75, 3.05) is 18.0 Å². The van der Waals surface area contributed by atoms with Crippen LogP contribution >= 0.6 is 0 Å². The molecule has 0 atom stereocenters. The molecule has 0 N–H and O–H groups in total. The minimum atomic E-state index is 1.04. The zero-order valence-electron chi connectivity index (χ0n) is 9.02. The third kappa shape index (κ3) is 2.30. The van der Waals surface area contributed by atoms with E-state index in [0.29, 0.717) is 0 Å². The first-order valence-electron chi connectivity index (χ1n) is 5.53. The Morgan fingerprint density at radius 3 is 3.07 bits per heavy atom. The lowest BCUT2D eigenvalue weighted by atomic mass is 10.1. The Bertz CT molecular complexity index is 365. The van der Waals surface area contributed by atoms with Crippen LogP contribution in [0, 0.1) is 0 Å². The van der Waals surface area contributed by atoms with E-state index in [4.69, 9.17) is 0 Å². The maximum absolute atomic E-state index is 3.76. The lowest BCUT2D eigenvalue weighted by Gasteiger charge is -2.27. The van der Waals surface area contributed by atoms with Gasteiger partial charge in [0.15, 0.2) is 0 Å². The van der Waals surface area contributed by atoms with Gasteiger partial charge < -0.3 is 4.90 Å². The van der Waals surface area contributed by atoms with E-state index in [1.165, 1.54) is 17.7 Å². The van der Waals surface area contributed by atoms with E-state index in [1.807, 2.05) is 6.08 Å². The summed E-state index contributed by atoms with van der Waals surface area (Å²) in [4.78, 5) is 2.43. The first kappa shape index (κ1) is 10.0. The number of allylic oxidation sites excluding steroid dienone is 1. The molecule has 0 saturated carbocycles. The standard InChI is InChI=1S/C14H17N/c1-2-3-6-11-15-12-7-9-13-8-4-5-10-14(13)15/h2,4-5,7-10H,1,3,6,11-12H2. The van der Waals surface area contributed by atoms with Gasteiger partial charge in [-0.3, -0.25) is 0 Å². The molecule has 78 valence electrons. The summed E-state index contributed by atoms with van der Waals surface area (Å²) in [6, 6.07) is 8.58. The highest BCUT2D eigenvalue weighted by Crippen LogP contribution is 2.25. The average molecular weight is 199 g/mol. The van der Waals surface area contributed by atoms with Crippen molar-refractivity contribution >= 4 is 11.8 Å². The third-order valence-electron chi connectivity index (χ3n) is 2.74. The van der Waals surface area contributed by atoms with Crippen LogP contribution in [0.4, 0.5) is 5.69 Å². The number of nitrogens with zero attached hydrogens (tertiary/aromatic N) is 1. The quantitative estimate of drug-likeness (QED) is 0.530. The van der Waals surface area contributed by atoms with Crippen molar-refractivity contribution in [3.05, 3.63) is 48.6 Å². The minimum absolute atomic E-state index is 1.04. The highest BCUT2D eigenvalue weighted by Gasteiger charge is 2.10. The molecular weight excluding hydrogens is 182 g/mol. The molecule has 0 radical (unpaired) electrons. The molecule has 15 heavy (non-hydrogen) atoms. The van der Waals surface area contributed by atoms with Crippen LogP contribution in [-0.2, 0) is 0 Å². The number of benzene rings is 1. The minimum Gasteiger partial charge on any atom is -0.367 e. The maximum atomic E-state index is 3.76. The second kappa shape index (κ2) is 4.83. The van der Waals surface area contributed by atoms with Crippen molar-refractivity contribution in [3.8, 4) is 0 Å². The average Bonchev–Trinajstić information content (AvgIpc) is 2.30. The van der Waals surface area contributed by atoms with Crippen molar-refractivity contribution in [2.24, 2.45) is 0 Å². The predicted molar refractivity (Wildman–Crippen MR) is 67.1 cm³/mol. The van der Waals surface area contributed by atoms with Gasteiger partial charge in [0.05, 0.1) is 0 Å². The Morgan fingerprint density at radius 2 is 2.20 bits per heavy atom. The Morgan fingerprint density at radius 1 is 1.33 bits per heavy atom. The fourth-order valence-electron chi connectivity index (χ4n) is 1.96. The molecule has 1 aromatic carbocycles. The topological polar surface area (TPSA) is 3.24 Å². The molecule has 0 amide bonds. The van der Waals surface area contributed by atoms with E-state index in [0.717, 1.165) is 19.5 Å². The zero-order chi connectivity index (χ0) is 10.5. The SMILES string of the molecule is C=CCCCN1CC=Cc2ccccc21. The number of para-hydroxylation sites is 1. The molecule has 1 aliphatic heterocycles. The Hall–Kier alpha value is -1.50. The summed E-state index contributed by atoms with van der Waals surface area (Å²) in [6.07, 6.45) is 8.72. The van der Waals surface area contributed by atoms with Crippen molar-refractivity contribution in [3.63, 3.8) is 0 Å². The Balaban J connectivity index is 2.08. The molecule has 2 rings (SSSR count). The molecule has 0 fully saturated rings. The highest BCUT2D eigenvalue weighted by atomic mass is 15.1. The summed E-state index contributed by atoms with van der Waals surface area (Å²) < 4.78 is 0. The van der Waals surface area contributed by atoms with Gasteiger partial charge >= 0.3 is 0 Å². The molecule has 1 aliphatic rings. The number of hydrogen-bond acceptors (Lipinski definition) is 1. The van der Waals surface area contributed by atoms with E-state index < -0.39 is 0 Å². The molecule has 1 aromatic rings. The predicted octanol–water partition coefficient (Wildman–Crippen LogP) is 3.49. The highest BCUT2D eigenvalue weighted by molar-refractivity contribution is 5.71. The Labute approximate surface area is 91.7 Å². The second-order valence-electron chi connectivity index (χ2n) is 3.84.